The molecule has 3 N–H and O–H groups in total. The lowest BCUT2D eigenvalue weighted by Crippen LogP contribution is -2.31. The fraction of sp³-hybridized carbons (Fsp3) is 0.300. The third kappa shape index (κ3) is 3.47. The molecule has 0 bridgehead atoms. The van der Waals surface area contributed by atoms with Gasteiger partial charge in [0.15, 0.2) is 0 Å². The van der Waals surface area contributed by atoms with Gasteiger partial charge < -0.3 is 15.8 Å². The minimum Gasteiger partial charge on any atom is -0.495 e. The van der Waals surface area contributed by atoms with Crippen LogP contribution in [0.2, 0.25) is 10.0 Å². The molecule has 0 unspecified atom stereocenters. The van der Waals surface area contributed by atoms with E-state index in [1.165, 1.54) is 7.11 Å². The van der Waals surface area contributed by atoms with Crippen LogP contribution < -0.4 is 15.8 Å². The van der Waals surface area contributed by atoms with E-state index in [1.807, 2.05) is 0 Å². The highest BCUT2D eigenvalue weighted by molar-refractivity contribution is 6.35. The summed E-state index contributed by atoms with van der Waals surface area (Å²) in [5.74, 6) is 0.567. The van der Waals surface area contributed by atoms with E-state index >= 15 is 0 Å². The maximum Gasteiger partial charge on any atom is 0.312 e. The molecule has 1 aromatic carbocycles. The Morgan fingerprint density at radius 3 is 2.75 bits per heavy atom. The molecule has 0 fully saturated rings. The average molecular weight is 263 g/mol. The Labute approximate surface area is 104 Å². The molecule has 6 heteroatoms. The van der Waals surface area contributed by atoms with Gasteiger partial charge in [-0.05, 0) is 24.1 Å². The zero-order valence-electron chi connectivity index (χ0n) is 8.72. The molecular weight excluding hydrogens is 251 g/mol. The molecule has 1 rings (SSSR count). The lowest BCUT2D eigenvalue weighted by Gasteiger charge is -2.11. The smallest absolute Gasteiger partial charge is 0.312 e. The molecule has 0 saturated heterocycles. The summed E-state index contributed by atoms with van der Waals surface area (Å²) in [7, 11) is 1.53. The summed E-state index contributed by atoms with van der Waals surface area (Å²) >= 11 is 11.8. The van der Waals surface area contributed by atoms with E-state index in [-0.39, 0.29) is 0 Å². The van der Waals surface area contributed by atoms with Crippen LogP contribution in [0, 0.1) is 0 Å². The average Bonchev–Trinajstić information content (AvgIpc) is 2.16. The van der Waals surface area contributed by atoms with Gasteiger partial charge in [0.2, 0.25) is 0 Å². The Kier molecular flexibility index (Phi) is 4.71. The molecule has 4 nitrogen and oxygen atoms in total. The second kappa shape index (κ2) is 5.82. The van der Waals surface area contributed by atoms with Gasteiger partial charge >= 0.3 is 6.03 Å². The lowest BCUT2D eigenvalue weighted by atomic mass is 10.1. The zero-order chi connectivity index (χ0) is 12.1. The van der Waals surface area contributed by atoms with E-state index < -0.39 is 6.03 Å². The molecule has 0 radical (unpaired) electrons. The first-order valence-corrected chi connectivity index (χ1v) is 5.35. The summed E-state index contributed by atoms with van der Waals surface area (Å²) in [5.41, 5.74) is 5.78. The molecule has 0 atom stereocenters. The van der Waals surface area contributed by atoms with Crippen molar-refractivity contribution in [3.05, 3.63) is 27.7 Å². The Morgan fingerprint density at radius 1 is 1.50 bits per heavy atom. The van der Waals surface area contributed by atoms with E-state index in [2.05, 4.69) is 5.32 Å². The molecule has 16 heavy (non-hydrogen) atoms. The van der Waals surface area contributed by atoms with Gasteiger partial charge in [-0.2, -0.15) is 0 Å². The second-order valence-electron chi connectivity index (χ2n) is 3.12. The number of methoxy groups -OCH3 is 1. The largest absolute Gasteiger partial charge is 0.495 e. The number of primary amides is 1. The number of urea groups is 1. The van der Waals surface area contributed by atoms with Crippen molar-refractivity contribution < 1.29 is 9.53 Å². The number of nitrogens with one attached hydrogen (secondary N) is 1. The van der Waals surface area contributed by atoms with Crippen LogP contribution in [0.15, 0.2) is 12.1 Å². The van der Waals surface area contributed by atoms with E-state index in [0.717, 1.165) is 5.56 Å². The summed E-state index contributed by atoms with van der Waals surface area (Å²) in [5, 5.41) is 3.46. The van der Waals surface area contributed by atoms with E-state index in [4.69, 9.17) is 33.7 Å². The van der Waals surface area contributed by atoms with Crippen LogP contribution in [0.3, 0.4) is 0 Å². The van der Waals surface area contributed by atoms with Crippen molar-refractivity contribution in [2.75, 3.05) is 13.7 Å². The number of benzene rings is 1. The number of carbonyl (C=O) groups excluding carboxylic acids is 1. The molecule has 0 heterocycles. The van der Waals surface area contributed by atoms with Crippen molar-refractivity contribution in [1.29, 1.82) is 0 Å². The van der Waals surface area contributed by atoms with Crippen LogP contribution in [0.25, 0.3) is 0 Å². The normalized spacial score (nSPS) is 9.94. The first kappa shape index (κ1) is 12.9. The molecule has 0 spiro atoms. The minimum absolute atomic E-state index is 0.405. The van der Waals surface area contributed by atoms with Gasteiger partial charge in [0, 0.05) is 11.6 Å². The van der Waals surface area contributed by atoms with Gasteiger partial charge in [-0.25, -0.2) is 4.79 Å². The predicted octanol–water partition coefficient (Wildman–Crippen LogP) is 2.21. The van der Waals surface area contributed by atoms with Gasteiger partial charge in [0.1, 0.15) is 5.75 Å². The third-order valence-electron chi connectivity index (χ3n) is 1.98. The predicted molar refractivity (Wildman–Crippen MR) is 64.3 cm³/mol. The fourth-order valence-corrected chi connectivity index (χ4v) is 1.96. The third-order valence-corrected chi connectivity index (χ3v) is 2.48. The van der Waals surface area contributed by atoms with Crippen molar-refractivity contribution in [3.8, 4) is 5.75 Å². The van der Waals surface area contributed by atoms with E-state index in [1.54, 1.807) is 12.1 Å². The van der Waals surface area contributed by atoms with Crippen LogP contribution in [0.4, 0.5) is 4.79 Å². The molecular formula is C10H12Cl2N2O2. The number of halogens is 2. The van der Waals surface area contributed by atoms with Gasteiger partial charge in [-0.1, -0.05) is 23.2 Å². The molecule has 0 aromatic heterocycles. The number of hydrogen-bond acceptors (Lipinski definition) is 2. The number of carbonyl (C=O) groups is 1. The standard InChI is InChI=1S/C10H12Cl2N2O2/c1-16-9-6(2-3-14-10(13)15)4-7(11)5-8(9)12/h4-5H,2-3H2,1H3,(H3,13,14,15). The molecule has 0 aliphatic carbocycles. The number of amides is 2. The minimum atomic E-state index is -0.563. The van der Waals surface area contributed by atoms with Gasteiger partial charge in [-0.3, -0.25) is 0 Å². The quantitative estimate of drug-likeness (QED) is 0.874. The number of ether oxygens (including phenoxy) is 1. The molecule has 0 saturated carbocycles. The summed E-state index contributed by atoms with van der Waals surface area (Å²) in [4.78, 5) is 10.5. The number of rotatable bonds is 4. The van der Waals surface area contributed by atoms with Crippen LogP contribution >= 0.6 is 23.2 Å². The van der Waals surface area contributed by atoms with Crippen molar-refractivity contribution in [2.45, 2.75) is 6.42 Å². The summed E-state index contributed by atoms with van der Waals surface area (Å²) in [6.45, 7) is 0.405. The topological polar surface area (TPSA) is 64.3 Å². The van der Waals surface area contributed by atoms with E-state index in [9.17, 15) is 4.79 Å². The van der Waals surface area contributed by atoms with Gasteiger partial charge in [-0.15, -0.1) is 0 Å². The van der Waals surface area contributed by atoms with Crippen LogP contribution in [0.5, 0.6) is 5.75 Å². The first-order chi connectivity index (χ1) is 7.54. The monoisotopic (exact) mass is 262 g/mol. The second-order valence-corrected chi connectivity index (χ2v) is 3.96. The van der Waals surface area contributed by atoms with E-state index in [0.29, 0.717) is 28.8 Å². The zero-order valence-corrected chi connectivity index (χ0v) is 10.2. The molecule has 88 valence electrons. The highest BCUT2D eigenvalue weighted by atomic mass is 35.5. The van der Waals surface area contributed by atoms with Crippen molar-refractivity contribution in [1.82, 2.24) is 5.32 Å². The Bertz CT molecular complexity index is 397. The maximum atomic E-state index is 10.5. The molecule has 2 amide bonds. The number of nitrogens with two attached hydrogens (primary N) is 1. The Morgan fingerprint density at radius 2 is 2.19 bits per heavy atom. The highest BCUT2D eigenvalue weighted by Gasteiger charge is 2.09. The van der Waals surface area contributed by atoms with Crippen molar-refractivity contribution in [2.24, 2.45) is 5.73 Å². The Hall–Kier alpha value is -1.13. The highest BCUT2D eigenvalue weighted by Crippen LogP contribution is 2.32. The Balaban J connectivity index is 2.81. The van der Waals surface area contributed by atoms with Gasteiger partial charge in [0.25, 0.3) is 0 Å². The number of hydrogen-bond donors (Lipinski definition) is 2. The maximum absolute atomic E-state index is 10.5. The summed E-state index contributed by atoms with van der Waals surface area (Å²) in [6, 6.07) is 2.79. The SMILES string of the molecule is COc1c(Cl)cc(Cl)cc1CCNC(N)=O. The van der Waals surface area contributed by atoms with Gasteiger partial charge in [0.05, 0.1) is 12.1 Å². The molecule has 1 aromatic rings. The summed E-state index contributed by atoms with van der Waals surface area (Å²) in [6.07, 6.45) is 0.548. The van der Waals surface area contributed by atoms with Crippen LogP contribution in [-0.4, -0.2) is 19.7 Å². The van der Waals surface area contributed by atoms with Crippen LogP contribution in [0.1, 0.15) is 5.56 Å². The molecule has 0 aliphatic rings. The summed E-state index contributed by atoms with van der Waals surface area (Å²) < 4.78 is 5.15. The van der Waals surface area contributed by atoms with Crippen LogP contribution in [-0.2, 0) is 6.42 Å². The fourth-order valence-electron chi connectivity index (χ4n) is 1.35. The van der Waals surface area contributed by atoms with Crippen molar-refractivity contribution in [3.63, 3.8) is 0 Å². The molecule has 0 aliphatic heterocycles. The van der Waals surface area contributed by atoms with Crippen molar-refractivity contribution >= 4 is 29.2 Å². The first-order valence-electron chi connectivity index (χ1n) is 4.59. The lowest BCUT2D eigenvalue weighted by molar-refractivity contribution is 0.249.